The van der Waals surface area contributed by atoms with E-state index in [0.29, 0.717) is 5.71 Å². The number of carbonyl (C=O) groups is 1. The fraction of sp³-hybridized carbons (Fsp3) is 0.238. The maximum Gasteiger partial charge on any atom is 0.353 e. The van der Waals surface area contributed by atoms with Crippen LogP contribution in [0.25, 0.3) is 0 Å². The van der Waals surface area contributed by atoms with Gasteiger partial charge in [0.05, 0.1) is 24.6 Å². The Morgan fingerprint density at radius 3 is 2.67 bits per heavy atom. The van der Waals surface area contributed by atoms with Gasteiger partial charge in [-0.1, -0.05) is 24.3 Å². The number of carbonyl (C=O) groups excluding carboxylic acids is 1. The largest absolute Gasteiger partial charge is 0.490 e. The molecule has 6 heteroatoms. The first kappa shape index (κ1) is 19.2. The Morgan fingerprint density at radius 1 is 1.22 bits per heavy atom. The van der Waals surface area contributed by atoms with E-state index in [1.54, 1.807) is 0 Å². The molecule has 2 aromatic rings. The minimum absolute atomic E-state index is 0.0198. The Morgan fingerprint density at radius 2 is 2.00 bits per heavy atom. The molecule has 1 fully saturated rings. The number of hydrogen-bond donors (Lipinski definition) is 1. The molecule has 0 atom stereocenters. The molecule has 0 aromatic heterocycles. The zero-order valence-electron chi connectivity index (χ0n) is 15.0. The van der Waals surface area contributed by atoms with Crippen molar-refractivity contribution in [1.82, 2.24) is 0 Å². The number of nitrogens with two attached hydrogens (primary N) is 1. The lowest BCUT2D eigenvalue weighted by Gasteiger charge is -2.26. The summed E-state index contributed by atoms with van der Waals surface area (Å²) in [4.78, 5) is 16.4. The van der Waals surface area contributed by atoms with Crippen molar-refractivity contribution in [2.45, 2.75) is 25.4 Å². The highest BCUT2D eigenvalue weighted by molar-refractivity contribution is 9.10. The average molecular weight is 429 g/mol. The number of para-hydroxylation sites is 1. The highest BCUT2D eigenvalue weighted by atomic mass is 79.9. The number of hydrogen-bond acceptors (Lipinski definition) is 5. The van der Waals surface area contributed by atoms with Crippen molar-refractivity contribution < 1.29 is 14.3 Å². The molecule has 27 heavy (non-hydrogen) atoms. The van der Waals surface area contributed by atoms with Gasteiger partial charge in [0.2, 0.25) is 0 Å². The highest BCUT2D eigenvalue weighted by Crippen LogP contribution is 2.28. The van der Waals surface area contributed by atoms with Crippen LogP contribution in [0.15, 0.2) is 69.8 Å². The minimum atomic E-state index is -0.600. The van der Waals surface area contributed by atoms with Crippen LogP contribution in [0.2, 0.25) is 0 Å². The van der Waals surface area contributed by atoms with E-state index in [-0.39, 0.29) is 11.8 Å². The van der Waals surface area contributed by atoms with Crippen LogP contribution in [-0.4, -0.2) is 24.9 Å². The Balaban J connectivity index is 2.00. The molecule has 5 nitrogen and oxygen atoms in total. The minimum Gasteiger partial charge on any atom is -0.490 e. The van der Waals surface area contributed by atoms with Gasteiger partial charge < -0.3 is 15.2 Å². The monoisotopic (exact) mass is 428 g/mol. The molecule has 0 aliphatic heterocycles. The van der Waals surface area contributed by atoms with Crippen molar-refractivity contribution in [3.63, 3.8) is 0 Å². The van der Waals surface area contributed by atoms with Gasteiger partial charge in [-0.25, -0.2) is 9.79 Å². The number of esters is 1. The van der Waals surface area contributed by atoms with E-state index in [2.05, 4.69) is 20.9 Å². The lowest BCUT2D eigenvalue weighted by molar-refractivity contribution is -0.136. The second-order valence-electron chi connectivity index (χ2n) is 6.24. The van der Waals surface area contributed by atoms with E-state index in [1.807, 2.05) is 48.5 Å². The number of ether oxygens (including phenoxy) is 2. The van der Waals surface area contributed by atoms with Gasteiger partial charge >= 0.3 is 5.97 Å². The molecule has 0 amide bonds. The van der Waals surface area contributed by atoms with E-state index in [1.165, 1.54) is 19.6 Å². The van der Waals surface area contributed by atoms with Gasteiger partial charge in [-0.3, -0.25) is 0 Å². The van der Waals surface area contributed by atoms with Gasteiger partial charge in [-0.2, -0.15) is 0 Å². The van der Waals surface area contributed by atoms with Crippen LogP contribution in [0.1, 0.15) is 24.8 Å². The van der Waals surface area contributed by atoms with Gasteiger partial charge in [0.15, 0.2) is 0 Å². The van der Waals surface area contributed by atoms with E-state index in [0.717, 1.165) is 34.3 Å². The van der Waals surface area contributed by atoms with Gasteiger partial charge in [0.1, 0.15) is 11.4 Å². The Hall–Kier alpha value is -2.60. The van der Waals surface area contributed by atoms with Gasteiger partial charge in [0, 0.05) is 10.0 Å². The molecule has 0 radical (unpaired) electrons. The average Bonchev–Trinajstić information content (AvgIpc) is 2.65. The zero-order valence-corrected chi connectivity index (χ0v) is 16.6. The predicted molar refractivity (Wildman–Crippen MR) is 109 cm³/mol. The zero-order chi connectivity index (χ0) is 19.2. The summed E-state index contributed by atoms with van der Waals surface area (Å²) < 4.78 is 11.5. The Kier molecular flexibility index (Phi) is 6.29. The van der Waals surface area contributed by atoms with E-state index >= 15 is 0 Å². The Labute approximate surface area is 167 Å². The maximum absolute atomic E-state index is 11.8. The van der Waals surface area contributed by atoms with Crippen LogP contribution in [0.3, 0.4) is 0 Å². The van der Waals surface area contributed by atoms with Crippen molar-refractivity contribution in [2.24, 2.45) is 10.7 Å². The van der Waals surface area contributed by atoms with Gasteiger partial charge in [-0.05, 0) is 65.5 Å². The number of allylic oxidation sites excluding steroid dienone is 1. The van der Waals surface area contributed by atoms with Gasteiger partial charge in [-0.15, -0.1) is 0 Å². The summed E-state index contributed by atoms with van der Waals surface area (Å²) in [6.07, 6.45) is 5.17. The summed E-state index contributed by atoms with van der Waals surface area (Å²) in [5.74, 6) is 0.179. The number of halogens is 1. The molecule has 0 heterocycles. The summed E-state index contributed by atoms with van der Waals surface area (Å²) in [5.41, 5.74) is 7.92. The SMILES string of the molecule is COC(=O)C(N)=CC(=Nc1ccccc1Br)c1cccc(OC2CCC2)c1. The molecule has 0 saturated heterocycles. The number of rotatable bonds is 6. The second-order valence-corrected chi connectivity index (χ2v) is 7.09. The van der Waals surface area contributed by atoms with Crippen molar-refractivity contribution in [1.29, 1.82) is 0 Å². The third kappa shape index (κ3) is 4.98. The predicted octanol–water partition coefficient (Wildman–Crippen LogP) is 4.52. The molecule has 3 rings (SSSR count). The first-order chi connectivity index (χ1) is 13.1. The highest BCUT2D eigenvalue weighted by Gasteiger charge is 2.19. The van der Waals surface area contributed by atoms with Crippen molar-refractivity contribution >= 4 is 33.3 Å². The molecule has 1 aliphatic carbocycles. The number of benzene rings is 2. The molecule has 2 aromatic carbocycles. The third-order valence-electron chi connectivity index (χ3n) is 4.29. The Bertz CT molecular complexity index is 889. The lowest BCUT2D eigenvalue weighted by atomic mass is 9.96. The molecular formula is C21H21BrN2O3. The smallest absolute Gasteiger partial charge is 0.353 e. The van der Waals surface area contributed by atoms with E-state index in [4.69, 9.17) is 15.2 Å². The molecule has 0 bridgehead atoms. The van der Waals surface area contributed by atoms with Gasteiger partial charge in [0.25, 0.3) is 0 Å². The quantitative estimate of drug-likeness (QED) is 0.417. The van der Waals surface area contributed by atoms with Crippen molar-refractivity contribution in [3.05, 3.63) is 70.3 Å². The fourth-order valence-electron chi connectivity index (χ4n) is 2.59. The standard InChI is InChI=1S/C21H21BrN2O3/c1-26-21(25)18(23)13-20(24-19-11-3-2-10-17(19)22)14-6-4-9-16(12-14)27-15-7-5-8-15/h2-4,6,9-13,15H,5,7-8,23H2,1H3. The first-order valence-electron chi connectivity index (χ1n) is 8.72. The van der Waals surface area contributed by atoms with Crippen molar-refractivity contribution in [2.75, 3.05) is 7.11 Å². The van der Waals surface area contributed by atoms with Crippen LogP contribution in [0, 0.1) is 0 Å². The summed E-state index contributed by atoms with van der Waals surface area (Å²) in [7, 11) is 1.29. The van der Waals surface area contributed by atoms with E-state index < -0.39 is 5.97 Å². The number of nitrogens with zero attached hydrogens (tertiary/aromatic N) is 1. The van der Waals surface area contributed by atoms with Crippen LogP contribution >= 0.6 is 15.9 Å². The third-order valence-corrected chi connectivity index (χ3v) is 4.96. The molecule has 2 N–H and O–H groups in total. The molecule has 0 unspecified atom stereocenters. The number of methoxy groups -OCH3 is 1. The molecule has 1 aliphatic rings. The first-order valence-corrected chi connectivity index (χ1v) is 9.52. The molecule has 140 valence electrons. The van der Waals surface area contributed by atoms with Crippen LogP contribution in [0.4, 0.5) is 5.69 Å². The van der Waals surface area contributed by atoms with Crippen LogP contribution in [0.5, 0.6) is 5.75 Å². The summed E-state index contributed by atoms with van der Waals surface area (Å²) >= 11 is 3.49. The topological polar surface area (TPSA) is 73.9 Å². The lowest BCUT2D eigenvalue weighted by Crippen LogP contribution is -2.24. The van der Waals surface area contributed by atoms with Crippen LogP contribution in [-0.2, 0) is 9.53 Å². The molecule has 1 saturated carbocycles. The van der Waals surface area contributed by atoms with E-state index in [9.17, 15) is 4.79 Å². The van der Waals surface area contributed by atoms with Crippen molar-refractivity contribution in [3.8, 4) is 5.75 Å². The molecule has 0 spiro atoms. The van der Waals surface area contributed by atoms with Crippen LogP contribution < -0.4 is 10.5 Å². The number of aliphatic imine (C=N–C) groups is 1. The normalized spacial score (nSPS) is 15.2. The molecular weight excluding hydrogens is 408 g/mol. The second kappa shape index (κ2) is 8.86. The summed E-state index contributed by atoms with van der Waals surface area (Å²) in [6.45, 7) is 0. The summed E-state index contributed by atoms with van der Waals surface area (Å²) in [6, 6.07) is 15.2. The maximum atomic E-state index is 11.8. The fourth-order valence-corrected chi connectivity index (χ4v) is 2.96. The summed E-state index contributed by atoms with van der Waals surface area (Å²) in [5, 5.41) is 0.